The summed E-state index contributed by atoms with van der Waals surface area (Å²) < 4.78 is 16.5. The van der Waals surface area contributed by atoms with Crippen molar-refractivity contribution >= 4 is 0 Å². The van der Waals surface area contributed by atoms with E-state index in [1.165, 1.54) is 0 Å². The van der Waals surface area contributed by atoms with Crippen LogP contribution in [0.5, 0.6) is 17.2 Å². The molecule has 18 heavy (non-hydrogen) atoms. The number of rotatable bonds is 6. The highest BCUT2D eigenvalue weighted by atomic mass is 16.7. The van der Waals surface area contributed by atoms with Crippen LogP contribution in [0.2, 0.25) is 0 Å². The first-order chi connectivity index (χ1) is 8.70. The lowest BCUT2D eigenvalue weighted by atomic mass is 10.1. The molecule has 0 spiro atoms. The molecule has 0 radical (unpaired) electrons. The third kappa shape index (κ3) is 3.05. The molecule has 2 rings (SSSR count). The SMILES string of the molecule is CNCc1cc2c(cc1OCCN(C)C)OCO2. The molecule has 1 aliphatic heterocycles. The fourth-order valence-corrected chi connectivity index (χ4v) is 1.77. The summed E-state index contributed by atoms with van der Waals surface area (Å²) in [6.45, 7) is 2.57. The van der Waals surface area contributed by atoms with E-state index in [0.717, 1.165) is 35.9 Å². The minimum atomic E-state index is 0.287. The zero-order valence-corrected chi connectivity index (χ0v) is 11.2. The van der Waals surface area contributed by atoms with Gasteiger partial charge in [0.25, 0.3) is 0 Å². The highest BCUT2D eigenvalue weighted by Gasteiger charge is 2.17. The van der Waals surface area contributed by atoms with Crippen molar-refractivity contribution in [2.24, 2.45) is 0 Å². The summed E-state index contributed by atoms with van der Waals surface area (Å²) in [7, 11) is 5.96. The van der Waals surface area contributed by atoms with E-state index >= 15 is 0 Å². The summed E-state index contributed by atoms with van der Waals surface area (Å²) in [6.07, 6.45) is 0. The Morgan fingerprint density at radius 2 is 2.00 bits per heavy atom. The van der Waals surface area contributed by atoms with E-state index in [1.54, 1.807) is 0 Å². The van der Waals surface area contributed by atoms with Gasteiger partial charge in [-0.15, -0.1) is 0 Å². The highest BCUT2D eigenvalue weighted by molar-refractivity contribution is 5.51. The van der Waals surface area contributed by atoms with Crippen molar-refractivity contribution in [3.63, 3.8) is 0 Å². The number of hydrogen-bond donors (Lipinski definition) is 1. The molecule has 1 heterocycles. The number of benzene rings is 1. The van der Waals surface area contributed by atoms with E-state index in [4.69, 9.17) is 14.2 Å². The van der Waals surface area contributed by atoms with Crippen LogP contribution in [0, 0.1) is 0 Å². The van der Waals surface area contributed by atoms with Crippen LogP contribution in [0.1, 0.15) is 5.56 Å². The van der Waals surface area contributed by atoms with Gasteiger partial charge in [-0.05, 0) is 27.2 Å². The van der Waals surface area contributed by atoms with Gasteiger partial charge >= 0.3 is 0 Å². The molecule has 1 N–H and O–H groups in total. The van der Waals surface area contributed by atoms with E-state index in [-0.39, 0.29) is 6.79 Å². The zero-order valence-electron chi connectivity index (χ0n) is 11.2. The smallest absolute Gasteiger partial charge is 0.231 e. The van der Waals surface area contributed by atoms with Crippen LogP contribution in [0.25, 0.3) is 0 Å². The Balaban J connectivity index is 2.11. The van der Waals surface area contributed by atoms with Crippen molar-refractivity contribution in [3.05, 3.63) is 17.7 Å². The fraction of sp³-hybridized carbons (Fsp3) is 0.538. The topological polar surface area (TPSA) is 43.0 Å². The second kappa shape index (κ2) is 5.93. The van der Waals surface area contributed by atoms with E-state index in [1.807, 2.05) is 33.3 Å². The molecule has 1 aromatic carbocycles. The maximum absolute atomic E-state index is 5.81. The standard InChI is InChI=1S/C13H20N2O3/c1-14-8-10-6-12-13(18-9-17-12)7-11(10)16-5-4-15(2)3/h6-7,14H,4-5,8-9H2,1-3H3. The molecule has 5 heteroatoms. The molecule has 5 nitrogen and oxygen atoms in total. The number of hydrogen-bond acceptors (Lipinski definition) is 5. The minimum absolute atomic E-state index is 0.287. The lowest BCUT2D eigenvalue weighted by molar-refractivity contribution is 0.173. The maximum atomic E-state index is 5.81. The number of ether oxygens (including phenoxy) is 3. The average molecular weight is 252 g/mol. The quantitative estimate of drug-likeness (QED) is 0.820. The fourth-order valence-electron chi connectivity index (χ4n) is 1.77. The van der Waals surface area contributed by atoms with Crippen LogP contribution in [0.3, 0.4) is 0 Å². The molecule has 0 atom stereocenters. The number of nitrogens with one attached hydrogen (secondary N) is 1. The molecular formula is C13H20N2O3. The van der Waals surface area contributed by atoms with E-state index in [9.17, 15) is 0 Å². The van der Waals surface area contributed by atoms with Gasteiger partial charge in [-0.1, -0.05) is 0 Å². The Bertz CT molecular complexity index is 407. The number of likely N-dealkylation sites (N-methyl/N-ethyl adjacent to an activating group) is 1. The largest absolute Gasteiger partial charge is 0.492 e. The predicted molar refractivity (Wildman–Crippen MR) is 69.4 cm³/mol. The summed E-state index contributed by atoms with van der Waals surface area (Å²) in [5, 5.41) is 3.13. The first kappa shape index (κ1) is 13.0. The Hall–Kier alpha value is -1.46. The normalized spacial score (nSPS) is 13.1. The molecule has 0 aliphatic carbocycles. The van der Waals surface area contributed by atoms with Crippen molar-refractivity contribution < 1.29 is 14.2 Å². The van der Waals surface area contributed by atoms with Crippen LogP contribution in [0.4, 0.5) is 0 Å². The Labute approximate surface area is 108 Å². The Morgan fingerprint density at radius 3 is 2.67 bits per heavy atom. The van der Waals surface area contributed by atoms with Gasteiger partial charge in [-0.2, -0.15) is 0 Å². The highest BCUT2D eigenvalue weighted by Crippen LogP contribution is 2.38. The van der Waals surface area contributed by atoms with Crippen molar-refractivity contribution in [1.29, 1.82) is 0 Å². The van der Waals surface area contributed by atoms with Gasteiger partial charge in [0.1, 0.15) is 12.4 Å². The summed E-state index contributed by atoms with van der Waals surface area (Å²) in [5.74, 6) is 2.41. The monoisotopic (exact) mass is 252 g/mol. The second-order valence-corrected chi connectivity index (χ2v) is 4.50. The summed E-state index contributed by atoms with van der Waals surface area (Å²) in [6, 6.07) is 3.88. The molecule has 0 unspecified atom stereocenters. The van der Waals surface area contributed by atoms with Crippen LogP contribution in [0.15, 0.2) is 12.1 Å². The van der Waals surface area contributed by atoms with Crippen LogP contribution in [-0.2, 0) is 6.54 Å². The molecular weight excluding hydrogens is 232 g/mol. The van der Waals surface area contributed by atoms with Crippen LogP contribution < -0.4 is 19.5 Å². The first-order valence-electron chi connectivity index (χ1n) is 6.05. The third-order valence-electron chi connectivity index (χ3n) is 2.72. The van der Waals surface area contributed by atoms with Gasteiger partial charge in [-0.3, -0.25) is 0 Å². The van der Waals surface area contributed by atoms with Gasteiger partial charge in [0, 0.05) is 24.7 Å². The number of nitrogens with zero attached hydrogens (tertiary/aromatic N) is 1. The van der Waals surface area contributed by atoms with E-state index in [0.29, 0.717) is 6.61 Å². The Kier molecular flexibility index (Phi) is 4.28. The average Bonchev–Trinajstić information content (AvgIpc) is 2.76. The molecule has 0 fully saturated rings. The van der Waals surface area contributed by atoms with Gasteiger partial charge in [0.05, 0.1) is 0 Å². The van der Waals surface area contributed by atoms with Crippen molar-refractivity contribution in [3.8, 4) is 17.2 Å². The molecule has 0 amide bonds. The van der Waals surface area contributed by atoms with Gasteiger partial charge in [-0.25, -0.2) is 0 Å². The van der Waals surface area contributed by atoms with E-state index < -0.39 is 0 Å². The van der Waals surface area contributed by atoms with Crippen LogP contribution >= 0.6 is 0 Å². The molecule has 0 bridgehead atoms. The Morgan fingerprint density at radius 1 is 1.28 bits per heavy atom. The van der Waals surface area contributed by atoms with Gasteiger partial charge in [0.2, 0.25) is 6.79 Å². The molecule has 100 valence electrons. The minimum Gasteiger partial charge on any atom is -0.492 e. The van der Waals surface area contributed by atoms with Crippen molar-refractivity contribution in [2.45, 2.75) is 6.54 Å². The third-order valence-corrected chi connectivity index (χ3v) is 2.72. The molecule has 0 aromatic heterocycles. The lowest BCUT2D eigenvalue weighted by Crippen LogP contribution is -2.20. The van der Waals surface area contributed by atoms with Gasteiger partial charge < -0.3 is 24.4 Å². The van der Waals surface area contributed by atoms with Crippen LogP contribution in [-0.4, -0.2) is 46.0 Å². The summed E-state index contributed by atoms with van der Waals surface area (Å²) >= 11 is 0. The van der Waals surface area contributed by atoms with Crippen molar-refractivity contribution in [1.82, 2.24) is 10.2 Å². The van der Waals surface area contributed by atoms with Crippen molar-refractivity contribution in [2.75, 3.05) is 41.1 Å². The molecule has 1 aromatic rings. The first-order valence-corrected chi connectivity index (χ1v) is 6.05. The zero-order chi connectivity index (χ0) is 13.0. The van der Waals surface area contributed by atoms with Gasteiger partial charge in [0.15, 0.2) is 11.5 Å². The maximum Gasteiger partial charge on any atom is 0.231 e. The number of fused-ring (bicyclic) bond motifs is 1. The lowest BCUT2D eigenvalue weighted by Gasteiger charge is -2.14. The van der Waals surface area contributed by atoms with E-state index in [2.05, 4.69) is 10.2 Å². The molecule has 1 aliphatic rings. The summed E-state index contributed by atoms with van der Waals surface area (Å²) in [4.78, 5) is 2.09. The summed E-state index contributed by atoms with van der Waals surface area (Å²) in [5.41, 5.74) is 1.08. The predicted octanol–water partition coefficient (Wildman–Crippen LogP) is 1.08. The second-order valence-electron chi connectivity index (χ2n) is 4.50. The molecule has 0 saturated heterocycles. The molecule has 0 saturated carbocycles.